The summed E-state index contributed by atoms with van der Waals surface area (Å²) in [5, 5.41) is 25.6. The van der Waals surface area contributed by atoms with Crippen LogP contribution in [0.15, 0.2) is 36.7 Å². The van der Waals surface area contributed by atoms with Crippen LogP contribution in [0.3, 0.4) is 0 Å². The number of hydrogen-bond acceptors (Lipinski definition) is 4. The van der Waals surface area contributed by atoms with E-state index in [-0.39, 0.29) is 11.3 Å². The number of rotatable bonds is 5. The summed E-state index contributed by atoms with van der Waals surface area (Å²) in [5.74, 6) is -1.11. The Hall–Kier alpha value is -2.50. The van der Waals surface area contributed by atoms with Crippen molar-refractivity contribution in [2.75, 3.05) is 6.54 Å². The van der Waals surface area contributed by atoms with Crippen molar-refractivity contribution in [1.82, 2.24) is 15.1 Å². The number of aromatic nitrogens is 2. The van der Waals surface area contributed by atoms with Gasteiger partial charge in [0.2, 0.25) is 0 Å². The molecular weight excluding hydrogens is 246 g/mol. The van der Waals surface area contributed by atoms with Crippen molar-refractivity contribution in [2.45, 2.75) is 13.0 Å². The van der Waals surface area contributed by atoms with Crippen LogP contribution in [-0.2, 0) is 6.54 Å². The van der Waals surface area contributed by atoms with Gasteiger partial charge < -0.3 is 15.5 Å². The predicted octanol–water partition coefficient (Wildman–Crippen LogP) is 1.11. The van der Waals surface area contributed by atoms with Crippen molar-refractivity contribution in [3.63, 3.8) is 0 Å². The fraction of sp³-hybridized carbons (Fsp3) is 0.231. The predicted molar refractivity (Wildman–Crippen MR) is 68.9 cm³/mol. The number of amides is 1. The topological polar surface area (TPSA) is 87.4 Å². The van der Waals surface area contributed by atoms with Gasteiger partial charge in [-0.25, -0.2) is 0 Å². The Labute approximate surface area is 110 Å². The Bertz CT molecular complexity index is 552. The van der Waals surface area contributed by atoms with Crippen LogP contribution in [0.4, 0.5) is 0 Å². The summed E-state index contributed by atoms with van der Waals surface area (Å²) in [6.07, 6.45) is 4.28. The second kappa shape index (κ2) is 5.90. The van der Waals surface area contributed by atoms with E-state index in [1.807, 2.05) is 12.3 Å². The number of aryl methyl sites for hydroxylation is 1. The number of nitrogens with zero attached hydrogens (tertiary/aromatic N) is 2. The molecule has 0 unspecified atom stereocenters. The van der Waals surface area contributed by atoms with Crippen molar-refractivity contribution in [1.29, 1.82) is 0 Å². The van der Waals surface area contributed by atoms with Crippen molar-refractivity contribution in [3.8, 4) is 11.5 Å². The quantitative estimate of drug-likeness (QED) is 0.556. The smallest absolute Gasteiger partial charge is 0.255 e. The van der Waals surface area contributed by atoms with E-state index in [2.05, 4.69) is 10.4 Å². The molecule has 100 valence electrons. The summed E-state index contributed by atoms with van der Waals surface area (Å²) < 4.78 is 1.78. The minimum absolute atomic E-state index is 0.0686. The molecule has 1 aromatic carbocycles. The molecule has 0 saturated heterocycles. The first-order valence-electron chi connectivity index (χ1n) is 5.95. The van der Waals surface area contributed by atoms with E-state index in [1.54, 1.807) is 10.9 Å². The lowest BCUT2D eigenvalue weighted by Gasteiger charge is -2.07. The fourth-order valence-corrected chi connectivity index (χ4v) is 1.69. The average molecular weight is 261 g/mol. The third-order valence-corrected chi connectivity index (χ3v) is 2.67. The number of hydrogen-bond donors (Lipinski definition) is 3. The van der Waals surface area contributed by atoms with Crippen LogP contribution in [0.2, 0.25) is 0 Å². The normalized spacial score (nSPS) is 10.3. The summed E-state index contributed by atoms with van der Waals surface area (Å²) in [6.45, 7) is 1.17. The van der Waals surface area contributed by atoms with E-state index in [0.29, 0.717) is 13.1 Å². The van der Waals surface area contributed by atoms with Crippen LogP contribution < -0.4 is 5.32 Å². The van der Waals surface area contributed by atoms with Crippen LogP contribution in [-0.4, -0.2) is 32.4 Å². The molecule has 0 fully saturated rings. The second-order valence-corrected chi connectivity index (χ2v) is 4.05. The van der Waals surface area contributed by atoms with Gasteiger partial charge in [-0.15, -0.1) is 0 Å². The molecule has 1 amide bonds. The van der Waals surface area contributed by atoms with E-state index >= 15 is 0 Å². The van der Waals surface area contributed by atoms with Crippen LogP contribution in [0.1, 0.15) is 16.8 Å². The van der Waals surface area contributed by atoms with E-state index in [1.165, 1.54) is 18.2 Å². The highest BCUT2D eigenvalue weighted by Gasteiger charge is 2.12. The molecule has 0 aliphatic carbocycles. The van der Waals surface area contributed by atoms with Gasteiger partial charge in [0.05, 0.1) is 5.56 Å². The van der Waals surface area contributed by atoms with Crippen molar-refractivity contribution < 1.29 is 15.0 Å². The zero-order valence-electron chi connectivity index (χ0n) is 10.3. The largest absolute Gasteiger partial charge is 0.504 e. The molecule has 0 saturated carbocycles. The van der Waals surface area contributed by atoms with Crippen molar-refractivity contribution >= 4 is 5.91 Å². The summed E-state index contributed by atoms with van der Waals surface area (Å²) in [5.41, 5.74) is 0.0686. The maximum atomic E-state index is 11.8. The highest BCUT2D eigenvalue weighted by Crippen LogP contribution is 2.27. The minimum Gasteiger partial charge on any atom is -0.504 e. The number of phenolic OH excluding ortho intramolecular Hbond substituents is 2. The average Bonchev–Trinajstić information content (AvgIpc) is 2.91. The molecule has 0 aliphatic rings. The Morgan fingerprint density at radius 1 is 1.32 bits per heavy atom. The van der Waals surface area contributed by atoms with Gasteiger partial charge in [0.25, 0.3) is 5.91 Å². The highest BCUT2D eigenvalue weighted by molar-refractivity contribution is 5.97. The molecule has 1 aromatic heterocycles. The number of carbonyl (C=O) groups is 1. The van der Waals surface area contributed by atoms with Crippen LogP contribution in [0, 0.1) is 0 Å². The van der Waals surface area contributed by atoms with E-state index in [4.69, 9.17) is 0 Å². The SMILES string of the molecule is O=C(NCCCn1cccn1)c1cccc(O)c1O. The lowest BCUT2D eigenvalue weighted by Crippen LogP contribution is -2.25. The Balaban J connectivity index is 1.83. The van der Waals surface area contributed by atoms with Gasteiger partial charge >= 0.3 is 0 Å². The van der Waals surface area contributed by atoms with E-state index in [9.17, 15) is 15.0 Å². The van der Waals surface area contributed by atoms with Crippen molar-refractivity contribution in [2.24, 2.45) is 0 Å². The van der Waals surface area contributed by atoms with Crippen LogP contribution in [0.5, 0.6) is 11.5 Å². The number of nitrogens with one attached hydrogen (secondary N) is 1. The van der Waals surface area contributed by atoms with Gasteiger partial charge in [0.15, 0.2) is 11.5 Å². The molecule has 2 rings (SSSR count). The van der Waals surface area contributed by atoms with Gasteiger partial charge in [0, 0.05) is 25.5 Å². The number of phenols is 2. The molecular formula is C13H15N3O3. The third-order valence-electron chi connectivity index (χ3n) is 2.67. The summed E-state index contributed by atoms with van der Waals surface area (Å²) in [4.78, 5) is 11.8. The molecule has 6 heteroatoms. The lowest BCUT2D eigenvalue weighted by atomic mass is 10.1. The third kappa shape index (κ3) is 3.25. The molecule has 0 atom stereocenters. The molecule has 3 N–H and O–H groups in total. The standard InChI is InChI=1S/C13H15N3O3/c17-11-5-1-4-10(12(11)18)13(19)14-6-2-8-16-9-3-7-15-16/h1,3-5,7,9,17-18H,2,6,8H2,(H,14,19). The maximum absolute atomic E-state index is 11.8. The van der Waals surface area contributed by atoms with Crippen molar-refractivity contribution in [3.05, 3.63) is 42.2 Å². The molecule has 0 bridgehead atoms. The molecule has 0 spiro atoms. The highest BCUT2D eigenvalue weighted by atomic mass is 16.3. The molecule has 6 nitrogen and oxygen atoms in total. The Morgan fingerprint density at radius 3 is 2.89 bits per heavy atom. The van der Waals surface area contributed by atoms with Crippen LogP contribution in [0.25, 0.3) is 0 Å². The Kier molecular flexibility index (Phi) is 4.02. The van der Waals surface area contributed by atoms with E-state index in [0.717, 1.165) is 6.42 Å². The molecule has 2 aromatic rings. The fourth-order valence-electron chi connectivity index (χ4n) is 1.69. The van der Waals surface area contributed by atoms with Gasteiger partial charge in [-0.3, -0.25) is 9.48 Å². The first-order chi connectivity index (χ1) is 9.18. The zero-order valence-corrected chi connectivity index (χ0v) is 10.3. The van der Waals surface area contributed by atoms with Gasteiger partial charge in [-0.1, -0.05) is 6.07 Å². The number of benzene rings is 1. The number of carbonyl (C=O) groups excluding carboxylic acids is 1. The van der Waals surface area contributed by atoms with Gasteiger partial charge in [-0.05, 0) is 24.6 Å². The van der Waals surface area contributed by atoms with E-state index < -0.39 is 11.7 Å². The molecule has 19 heavy (non-hydrogen) atoms. The van der Waals surface area contributed by atoms with Crippen LogP contribution >= 0.6 is 0 Å². The lowest BCUT2D eigenvalue weighted by molar-refractivity contribution is 0.0949. The first kappa shape index (κ1) is 12.9. The molecule has 0 radical (unpaired) electrons. The van der Waals surface area contributed by atoms with Gasteiger partial charge in [-0.2, -0.15) is 5.10 Å². The summed E-state index contributed by atoms with van der Waals surface area (Å²) in [7, 11) is 0. The maximum Gasteiger partial charge on any atom is 0.255 e. The number of para-hydroxylation sites is 1. The molecule has 0 aliphatic heterocycles. The first-order valence-corrected chi connectivity index (χ1v) is 5.95. The summed E-state index contributed by atoms with van der Waals surface area (Å²) in [6, 6.07) is 6.12. The zero-order chi connectivity index (χ0) is 13.7. The van der Waals surface area contributed by atoms with Gasteiger partial charge in [0.1, 0.15) is 0 Å². The second-order valence-electron chi connectivity index (χ2n) is 4.05. The monoisotopic (exact) mass is 261 g/mol. The minimum atomic E-state index is -0.408. The Morgan fingerprint density at radius 2 is 2.16 bits per heavy atom. The number of aromatic hydroxyl groups is 2. The molecule has 1 heterocycles. The summed E-state index contributed by atoms with van der Waals surface area (Å²) >= 11 is 0.